The summed E-state index contributed by atoms with van der Waals surface area (Å²) < 4.78 is 0. The monoisotopic (exact) mass is 889 g/mol. The number of hydrogen-bond donors (Lipinski definition) is 0. The largest absolute Gasteiger partial charge is 0.0836 e. The quantitative estimate of drug-likeness (QED) is 0.135. The second-order valence-electron chi connectivity index (χ2n) is 18.8. The van der Waals surface area contributed by atoms with Crippen LogP contribution in [0.25, 0.3) is 61.2 Å². The number of allylic oxidation sites excluding steroid dienone is 4. The van der Waals surface area contributed by atoms with Gasteiger partial charge in [-0.3, -0.25) is 0 Å². The van der Waals surface area contributed by atoms with Gasteiger partial charge >= 0.3 is 0 Å². The number of fused-ring (bicyclic) bond motifs is 3. The van der Waals surface area contributed by atoms with E-state index in [2.05, 4.69) is 243 Å². The number of aryl methyl sites for hydroxylation is 5. The summed E-state index contributed by atoms with van der Waals surface area (Å²) in [7, 11) is 0. The highest BCUT2D eigenvalue weighted by Gasteiger charge is 2.35. The maximum Gasteiger partial charge on any atom is 0.0159 e. The van der Waals surface area contributed by atoms with Crippen LogP contribution in [0.2, 0.25) is 0 Å². The molecule has 0 heterocycles. The highest BCUT2D eigenvalue weighted by atomic mass is 14.4. The molecule has 68 heavy (non-hydrogen) atoms. The number of hydrogen-bond acceptors (Lipinski definition) is 0. The van der Waals surface area contributed by atoms with Crippen molar-refractivity contribution in [2.24, 2.45) is 0 Å². The van der Waals surface area contributed by atoms with E-state index in [-0.39, 0.29) is 5.41 Å². The molecule has 0 heteroatoms. The van der Waals surface area contributed by atoms with Crippen LogP contribution in [-0.2, 0) is 18.3 Å². The zero-order chi connectivity index (χ0) is 48.0. The SMILES string of the molecule is CC.CCCc1ccc(-c2ccc(-c3ccccc3CCC)c(C)c2)cc1.Cc1ccc(-c2ccc3c(c2)-c2ccc(C4=CCCC=C4)cc2C3(C)C)cc1.Cc1cccc(-c2ccccc2)c1. The highest BCUT2D eigenvalue weighted by Crippen LogP contribution is 2.50. The first-order valence-electron chi connectivity index (χ1n) is 25.3. The van der Waals surface area contributed by atoms with E-state index in [1.807, 2.05) is 19.9 Å². The van der Waals surface area contributed by atoms with Crippen molar-refractivity contribution in [2.75, 3.05) is 0 Å². The Morgan fingerprint density at radius 1 is 0.412 bits per heavy atom. The fourth-order valence-electron chi connectivity index (χ4n) is 9.71. The fraction of sp³-hybridized carbons (Fsp3) is 0.235. The minimum absolute atomic E-state index is 0.0332. The molecule has 0 bridgehead atoms. The molecule has 0 amide bonds. The first-order valence-corrected chi connectivity index (χ1v) is 25.3. The Bertz CT molecular complexity index is 2950. The molecular formula is C68H72. The van der Waals surface area contributed by atoms with E-state index in [0.717, 1.165) is 25.7 Å². The van der Waals surface area contributed by atoms with E-state index < -0.39 is 0 Å². The van der Waals surface area contributed by atoms with Gasteiger partial charge in [0, 0.05) is 5.41 Å². The lowest BCUT2D eigenvalue weighted by Crippen LogP contribution is -2.15. The minimum Gasteiger partial charge on any atom is -0.0836 e. The van der Waals surface area contributed by atoms with E-state index >= 15 is 0 Å². The number of benzene rings is 8. The summed E-state index contributed by atoms with van der Waals surface area (Å²) >= 11 is 0. The van der Waals surface area contributed by atoms with Crippen LogP contribution in [0.15, 0.2) is 200 Å². The van der Waals surface area contributed by atoms with Gasteiger partial charge in [-0.15, -0.1) is 0 Å². The second kappa shape index (κ2) is 23.3. The van der Waals surface area contributed by atoms with Crippen LogP contribution in [-0.4, -0.2) is 0 Å². The Balaban J connectivity index is 0.000000157. The van der Waals surface area contributed by atoms with Gasteiger partial charge in [-0.25, -0.2) is 0 Å². The Morgan fingerprint density at radius 2 is 1.00 bits per heavy atom. The Morgan fingerprint density at radius 3 is 1.68 bits per heavy atom. The highest BCUT2D eigenvalue weighted by molar-refractivity contribution is 5.87. The molecule has 2 aliphatic rings. The van der Waals surface area contributed by atoms with Crippen LogP contribution in [0.1, 0.15) is 112 Å². The smallest absolute Gasteiger partial charge is 0.0159 e. The Hall–Kier alpha value is -6.76. The van der Waals surface area contributed by atoms with Gasteiger partial charge < -0.3 is 0 Å². The lowest BCUT2D eigenvalue weighted by Gasteiger charge is -2.22. The van der Waals surface area contributed by atoms with Crippen molar-refractivity contribution < 1.29 is 0 Å². The summed E-state index contributed by atoms with van der Waals surface area (Å²) in [5.41, 5.74) is 25.7. The summed E-state index contributed by atoms with van der Waals surface area (Å²) in [5.74, 6) is 0. The molecule has 344 valence electrons. The summed E-state index contributed by atoms with van der Waals surface area (Å²) in [6.45, 7) is 19.7. The van der Waals surface area contributed by atoms with Crippen LogP contribution in [0.5, 0.6) is 0 Å². The molecule has 0 saturated heterocycles. The van der Waals surface area contributed by atoms with Gasteiger partial charge in [0.2, 0.25) is 0 Å². The van der Waals surface area contributed by atoms with Crippen molar-refractivity contribution in [3.05, 3.63) is 245 Å². The minimum atomic E-state index is 0.0332. The third-order valence-corrected chi connectivity index (χ3v) is 13.4. The molecule has 0 fully saturated rings. The van der Waals surface area contributed by atoms with E-state index in [9.17, 15) is 0 Å². The molecule has 8 aromatic carbocycles. The molecule has 2 aliphatic carbocycles. The molecule has 0 unspecified atom stereocenters. The van der Waals surface area contributed by atoms with Gasteiger partial charge in [-0.1, -0.05) is 254 Å². The molecule has 10 rings (SSSR count). The molecule has 0 aromatic heterocycles. The summed E-state index contributed by atoms with van der Waals surface area (Å²) in [6.07, 6.45) is 13.9. The zero-order valence-corrected chi connectivity index (χ0v) is 42.3. The maximum atomic E-state index is 2.42. The maximum absolute atomic E-state index is 2.42. The first-order chi connectivity index (χ1) is 33.1. The molecule has 0 aliphatic heterocycles. The van der Waals surface area contributed by atoms with Gasteiger partial charge in [0.05, 0.1) is 0 Å². The lowest BCUT2D eigenvalue weighted by molar-refractivity contribution is 0.660. The average Bonchev–Trinajstić information content (AvgIpc) is 3.61. The molecule has 0 saturated carbocycles. The molecule has 8 aromatic rings. The lowest BCUT2D eigenvalue weighted by atomic mass is 9.81. The van der Waals surface area contributed by atoms with Crippen molar-refractivity contribution in [3.63, 3.8) is 0 Å². The Labute approximate surface area is 410 Å². The van der Waals surface area contributed by atoms with Crippen LogP contribution >= 0.6 is 0 Å². The molecule has 0 atom stereocenters. The predicted molar refractivity (Wildman–Crippen MR) is 299 cm³/mol. The second-order valence-corrected chi connectivity index (χ2v) is 18.8. The Kier molecular flexibility index (Phi) is 16.8. The third kappa shape index (κ3) is 11.7. The van der Waals surface area contributed by atoms with E-state index in [0.29, 0.717) is 0 Å². The summed E-state index contributed by atoms with van der Waals surface area (Å²) in [4.78, 5) is 0. The average molecular weight is 889 g/mol. The number of rotatable bonds is 9. The third-order valence-electron chi connectivity index (χ3n) is 13.4. The van der Waals surface area contributed by atoms with Gasteiger partial charge in [0.25, 0.3) is 0 Å². The van der Waals surface area contributed by atoms with Crippen molar-refractivity contribution in [3.8, 4) is 55.6 Å². The van der Waals surface area contributed by atoms with Crippen LogP contribution in [0.3, 0.4) is 0 Å². The van der Waals surface area contributed by atoms with Crippen LogP contribution in [0.4, 0.5) is 0 Å². The van der Waals surface area contributed by atoms with E-state index in [1.54, 1.807) is 0 Å². The normalized spacial score (nSPS) is 12.8. The van der Waals surface area contributed by atoms with Gasteiger partial charge in [-0.2, -0.15) is 0 Å². The molecule has 0 radical (unpaired) electrons. The molecule has 0 spiro atoms. The predicted octanol–water partition coefficient (Wildman–Crippen LogP) is 19.6. The van der Waals surface area contributed by atoms with Gasteiger partial charge in [-0.05, 0) is 153 Å². The first kappa shape index (κ1) is 49.2. The van der Waals surface area contributed by atoms with Crippen molar-refractivity contribution in [1.82, 2.24) is 0 Å². The molecular weight excluding hydrogens is 817 g/mol. The molecule has 0 nitrogen and oxygen atoms in total. The zero-order valence-electron chi connectivity index (χ0n) is 42.3. The van der Waals surface area contributed by atoms with E-state index in [1.165, 1.54) is 119 Å². The van der Waals surface area contributed by atoms with Crippen LogP contribution < -0.4 is 0 Å². The molecule has 0 N–H and O–H groups in total. The van der Waals surface area contributed by atoms with Gasteiger partial charge in [0.15, 0.2) is 0 Å². The fourth-order valence-corrected chi connectivity index (χ4v) is 9.71. The van der Waals surface area contributed by atoms with Crippen molar-refractivity contribution >= 4 is 5.57 Å². The summed E-state index contributed by atoms with van der Waals surface area (Å²) in [5, 5.41) is 0. The van der Waals surface area contributed by atoms with Gasteiger partial charge in [0.1, 0.15) is 0 Å². The van der Waals surface area contributed by atoms with Crippen LogP contribution in [0, 0.1) is 20.8 Å². The topological polar surface area (TPSA) is 0 Å². The van der Waals surface area contributed by atoms with Crippen molar-refractivity contribution in [2.45, 2.75) is 106 Å². The van der Waals surface area contributed by atoms with Crippen molar-refractivity contribution in [1.29, 1.82) is 0 Å². The summed E-state index contributed by atoms with van der Waals surface area (Å²) in [6, 6.07) is 66.6. The van der Waals surface area contributed by atoms with E-state index in [4.69, 9.17) is 0 Å². The standard InChI is InChI=1S/C28H26.C25H28.C13H12.C2H6/c1-19-9-11-21(12-10-19)22-14-16-26-25(17-22)24-15-13-23(18-27(24)28(26,2)3)20-7-5-4-6-8-20;1-4-8-20-12-14-21(15-13-20)23-16-17-24(19(3)18-23)25-11-7-6-10-22(25)9-5-2;1-11-6-5-9-13(10-11)12-7-3-2-4-8-12;1-2/h5,7-18H,4,6H2,1-3H3;6-7,10-18H,4-5,8-9H2,1-3H3;2-10H,1H3;1-2H3.